The number of carbonyl (C=O) groups is 1. The second kappa shape index (κ2) is 6.23. The Morgan fingerprint density at radius 1 is 1.33 bits per heavy atom. The van der Waals surface area contributed by atoms with E-state index in [9.17, 15) is 4.79 Å². The van der Waals surface area contributed by atoms with Crippen LogP contribution in [0, 0.1) is 6.92 Å². The zero-order valence-electron chi connectivity index (χ0n) is 9.45. The van der Waals surface area contributed by atoms with Crippen molar-refractivity contribution in [1.82, 2.24) is 0 Å². The number of hydrogen-bond acceptors (Lipinski definition) is 2. The van der Waals surface area contributed by atoms with Gasteiger partial charge < -0.3 is 4.74 Å². The molecule has 0 N–H and O–H groups in total. The quantitative estimate of drug-likeness (QED) is 0.692. The minimum atomic E-state index is -0.0971. The third-order valence-corrected chi connectivity index (χ3v) is 2.33. The Hall–Kier alpha value is -1.31. The molecule has 15 heavy (non-hydrogen) atoms. The molecular formula is C13H18O2. The summed E-state index contributed by atoms with van der Waals surface area (Å²) in [6.45, 7) is 4.59. The van der Waals surface area contributed by atoms with E-state index in [1.807, 2.05) is 19.1 Å². The first kappa shape index (κ1) is 11.8. The van der Waals surface area contributed by atoms with Crippen LogP contribution in [0.4, 0.5) is 0 Å². The molecule has 0 unspecified atom stereocenters. The highest BCUT2D eigenvalue weighted by molar-refractivity contribution is 5.69. The van der Waals surface area contributed by atoms with Crippen LogP contribution in [0.3, 0.4) is 0 Å². The van der Waals surface area contributed by atoms with E-state index in [4.69, 9.17) is 4.74 Å². The zero-order valence-corrected chi connectivity index (χ0v) is 9.45. The van der Waals surface area contributed by atoms with E-state index >= 15 is 0 Å². The molecule has 2 nitrogen and oxygen atoms in total. The van der Waals surface area contributed by atoms with Gasteiger partial charge in [-0.3, -0.25) is 4.79 Å². The zero-order chi connectivity index (χ0) is 11.1. The molecule has 0 atom stereocenters. The molecule has 82 valence electrons. The van der Waals surface area contributed by atoms with Crippen molar-refractivity contribution in [2.24, 2.45) is 0 Å². The Bertz CT molecular complexity index is 318. The van der Waals surface area contributed by atoms with Crippen molar-refractivity contribution in [1.29, 1.82) is 0 Å². The molecule has 0 aliphatic heterocycles. The fourth-order valence-corrected chi connectivity index (χ4v) is 1.42. The molecule has 0 aliphatic rings. The average Bonchev–Trinajstić information content (AvgIpc) is 2.25. The number of esters is 1. The molecule has 0 saturated heterocycles. The molecule has 0 fully saturated rings. The van der Waals surface area contributed by atoms with Gasteiger partial charge >= 0.3 is 5.97 Å². The summed E-state index contributed by atoms with van der Waals surface area (Å²) in [6.07, 6.45) is 2.14. The highest BCUT2D eigenvalue weighted by Crippen LogP contribution is 2.09. The number of hydrogen-bond donors (Lipinski definition) is 0. The minimum absolute atomic E-state index is 0.0971. The minimum Gasteiger partial charge on any atom is -0.466 e. The van der Waals surface area contributed by atoms with Crippen molar-refractivity contribution in [3.63, 3.8) is 0 Å². The van der Waals surface area contributed by atoms with E-state index in [-0.39, 0.29) is 5.97 Å². The van der Waals surface area contributed by atoms with Gasteiger partial charge in [-0.25, -0.2) is 0 Å². The summed E-state index contributed by atoms with van der Waals surface area (Å²) in [6, 6.07) is 8.13. The fourth-order valence-electron chi connectivity index (χ4n) is 1.42. The molecule has 0 bridgehead atoms. The van der Waals surface area contributed by atoms with E-state index in [2.05, 4.69) is 19.1 Å². The van der Waals surface area contributed by atoms with Crippen molar-refractivity contribution in [2.75, 3.05) is 6.61 Å². The lowest BCUT2D eigenvalue weighted by molar-refractivity contribution is -0.143. The standard InChI is InChI=1S/C13H18O2/c1-3-10-15-13(14)9-8-12-7-5-4-6-11(12)2/h4-7H,3,8-10H2,1-2H3. The van der Waals surface area contributed by atoms with Crippen LogP contribution in [0.15, 0.2) is 24.3 Å². The first-order chi connectivity index (χ1) is 7.24. The molecule has 0 spiro atoms. The number of aryl methyl sites for hydroxylation is 2. The number of benzene rings is 1. The van der Waals surface area contributed by atoms with Gasteiger partial charge in [-0.2, -0.15) is 0 Å². The number of rotatable bonds is 5. The molecule has 0 aromatic heterocycles. The smallest absolute Gasteiger partial charge is 0.306 e. The van der Waals surface area contributed by atoms with Crippen molar-refractivity contribution < 1.29 is 9.53 Å². The first-order valence-electron chi connectivity index (χ1n) is 5.44. The van der Waals surface area contributed by atoms with E-state index < -0.39 is 0 Å². The Balaban J connectivity index is 2.37. The van der Waals surface area contributed by atoms with Crippen LogP contribution < -0.4 is 0 Å². The maximum absolute atomic E-state index is 11.3. The molecule has 0 amide bonds. The molecule has 1 rings (SSSR count). The van der Waals surface area contributed by atoms with Crippen molar-refractivity contribution in [3.8, 4) is 0 Å². The predicted octanol–water partition coefficient (Wildman–Crippen LogP) is 2.88. The van der Waals surface area contributed by atoms with Crippen LogP contribution in [0.1, 0.15) is 30.9 Å². The van der Waals surface area contributed by atoms with E-state index in [1.54, 1.807) is 0 Å². The topological polar surface area (TPSA) is 26.3 Å². The summed E-state index contributed by atoms with van der Waals surface area (Å²) in [5.41, 5.74) is 2.46. The number of ether oxygens (including phenoxy) is 1. The molecule has 0 radical (unpaired) electrons. The van der Waals surface area contributed by atoms with Gasteiger partial charge in [0.05, 0.1) is 6.61 Å². The Morgan fingerprint density at radius 3 is 2.73 bits per heavy atom. The SMILES string of the molecule is CCCOC(=O)CCc1ccccc1C. The van der Waals surface area contributed by atoms with Gasteiger partial charge in [0, 0.05) is 6.42 Å². The Morgan fingerprint density at radius 2 is 2.07 bits per heavy atom. The lowest BCUT2D eigenvalue weighted by atomic mass is 10.0. The Kier molecular flexibility index (Phi) is 4.88. The molecule has 0 saturated carbocycles. The molecule has 1 aromatic rings. The van der Waals surface area contributed by atoms with E-state index in [1.165, 1.54) is 11.1 Å². The second-order valence-corrected chi connectivity index (χ2v) is 3.65. The highest BCUT2D eigenvalue weighted by Gasteiger charge is 2.04. The summed E-state index contributed by atoms with van der Waals surface area (Å²) in [7, 11) is 0. The molecule has 0 heterocycles. The van der Waals surface area contributed by atoms with Gasteiger partial charge in [0.1, 0.15) is 0 Å². The van der Waals surface area contributed by atoms with Gasteiger partial charge in [0.2, 0.25) is 0 Å². The maximum atomic E-state index is 11.3. The Labute approximate surface area is 91.3 Å². The van der Waals surface area contributed by atoms with Crippen LogP contribution in [-0.4, -0.2) is 12.6 Å². The third-order valence-electron chi connectivity index (χ3n) is 2.33. The van der Waals surface area contributed by atoms with Crippen LogP contribution in [0.5, 0.6) is 0 Å². The lowest BCUT2D eigenvalue weighted by Gasteiger charge is -2.05. The molecule has 2 heteroatoms. The van der Waals surface area contributed by atoms with Crippen molar-refractivity contribution in [3.05, 3.63) is 35.4 Å². The summed E-state index contributed by atoms with van der Waals surface area (Å²) in [5.74, 6) is -0.0971. The molecular weight excluding hydrogens is 188 g/mol. The summed E-state index contributed by atoms with van der Waals surface area (Å²) < 4.78 is 5.01. The van der Waals surface area contributed by atoms with Gasteiger partial charge in [-0.15, -0.1) is 0 Å². The van der Waals surface area contributed by atoms with Crippen LogP contribution in [0.25, 0.3) is 0 Å². The fraction of sp³-hybridized carbons (Fsp3) is 0.462. The van der Waals surface area contributed by atoms with Crippen molar-refractivity contribution in [2.45, 2.75) is 33.1 Å². The monoisotopic (exact) mass is 206 g/mol. The van der Waals surface area contributed by atoms with Crippen LogP contribution in [0.2, 0.25) is 0 Å². The van der Waals surface area contributed by atoms with Gasteiger partial charge in [-0.05, 0) is 30.9 Å². The van der Waals surface area contributed by atoms with Crippen molar-refractivity contribution >= 4 is 5.97 Å². The van der Waals surface area contributed by atoms with E-state index in [0.29, 0.717) is 13.0 Å². The van der Waals surface area contributed by atoms with Crippen LogP contribution in [-0.2, 0) is 16.0 Å². The van der Waals surface area contributed by atoms with Gasteiger partial charge in [0.25, 0.3) is 0 Å². The van der Waals surface area contributed by atoms with E-state index in [0.717, 1.165) is 12.8 Å². The van der Waals surface area contributed by atoms with Gasteiger partial charge in [0.15, 0.2) is 0 Å². The average molecular weight is 206 g/mol. The largest absolute Gasteiger partial charge is 0.466 e. The summed E-state index contributed by atoms with van der Waals surface area (Å²) in [4.78, 5) is 11.3. The molecule has 1 aromatic carbocycles. The highest BCUT2D eigenvalue weighted by atomic mass is 16.5. The second-order valence-electron chi connectivity index (χ2n) is 3.65. The maximum Gasteiger partial charge on any atom is 0.306 e. The van der Waals surface area contributed by atoms with Crippen LogP contribution >= 0.6 is 0 Å². The lowest BCUT2D eigenvalue weighted by Crippen LogP contribution is -2.06. The normalized spacial score (nSPS) is 10.0. The molecule has 0 aliphatic carbocycles. The first-order valence-corrected chi connectivity index (χ1v) is 5.44. The number of carbonyl (C=O) groups excluding carboxylic acids is 1. The summed E-state index contributed by atoms with van der Waals surface area (Å²) >= 11 is 0. The third kappa shape index (κ3) is 4.15. The summed E-state index contributed by atoms with van der Waals surface area (Å²) in [5, 5.41) is 0. The van der Waals surface area contributed by atoms with Gasteiger partial charge in [-0.1, -0.05) is 31.2 Å². The predicted molar refractivity (Wildman–Crippen MR) is 60.8 cm³/mol.